The second-order valence-electron chi connectivity index (χ2n) is 4.94. The van der Waals surface area contributed by atoms with E-state index in [4.69, 9.17) is 10.5 Å². The van der Waals surface area contributed by atoms with Crippen LogP contribution in [0.3, 0.4) is 0 Å². The first kappa shape index (κ1) is 13.4. The number of nitrogens with two attached hydrogens (primary N) is 1. The Kier molecular flexibility index (Phi) is 5.02. The third-order valence-electron chi connectivity index (χ3n) is 3.62. The minimum Gasteiger partial charge on any atom is -0.494 e. The lowest BCUT2D eigenvalue weighted by Gasteiger charge is -2.22. The van der Waals surface area contributed by atoms with E-state index < -0.39 is 0 Å². The molecule has 2 N–H and O–H groups in total. The van der Waals surface area contributed by atoms with Gasteiger partial charge in [0, 0.05) is 19.0 Å². The van der Waals surface area contributed by atoms with Crippen molar-refractivity contribution in [1.82, 2.24) is 4.90 Å². The Hall–Kier alpha value is -1.06. The summed E-state index contributed by atoms with van der Waals surface area (Å²) in [6, 6.07) is 8.40. The fraction of sp³-hybridized carbons (Fsp3) is 0.600. The Morgan fingerprint density at radius 3 is 2.44 bits per heavy atom. The molecule has 1 heterocycles. The van der Waals surface area contributed by atoms with E-state index in [9.17, 15) is 0 Å². The Morgan fingerprint density at radius 2 is 1.89 bits per heavy atom. The van der Waals surface area contributed by atoms with Crippen LogP contribution in [-0.2, 0) is 0 Å². The smallest absolute Gasteiger partial charge is 0.119 e. The first-order chi connectivity index (χ1) is 8.83. The van der Waals surface area contributed by atoms with Gasteiger partial charge in [0.15, 0.2) is 0 Å². The summed E-state index contributed by atoms with van der Waals surface area (Å²) in [4.78, 5) is 2.52. The topological polar surface area (TPSA) is 38.5 Å². The average molecular weight is 248 g/mol. The van der Waals surface area contributed by atoms with Gasteiger partial charge in [-0.25, -0.2) is 0 Å². The van der Waals surface area contributed by atoms with Gasteiger partial charge in [0.1, 0.15) is 5.75 Å². The Morgan fingerprint density at radius 1 is 1.22 bits per heavy atom. The van der Waals surface area contributed by atoms with Gasteiger partial charge in [-0.05, 0) is 50.6 Å². The fourth-order valence-electron chi connectivity index (χ4n) is 2.60. The highest BCUT2D eigenvalue weighted by Gasteiger charge is 2.17. The third-order valence-corrected chi connectivity index (χ3v) is 3.62. The zero-order valence-electron chi connectivity index (χ0n) is 11.3. The summed E-state index contributed by atoms with van der Waals surface area (Å²) in [6.45, 7) is 6.98. The molecule has 3 heteroatoms. The lowest BCUT2D eigenvalue weighted by atomic mass is 9.98. The van der Waals surface area contributed by atoms with E-state index in [0.717, 1.165) is 12.3 Å². The van der Waals surface area contributed by atoms with Crippen molar-refractivity contribution in [3.63, 3.8) is 0 Å². The van der Waals surface area contributed by atoms with Crippen LogP contribution in [0.5, 0.6) is 5.75 Å². The largest absolute Gasteiger partial charge is 0.494 e. The molecule has 0 spiro atoms. The summed E-state index contributed by atoms with van der Waals surface area (Å²) in [5.74, 6) is 1.39. The van der Waals surface area contributed by atoms with Gasteiger partial charge >= 0.3 is 0 Å². The van der Waals surface area contributed by atoms with Gasteiger partial charge in [0.25, 0.3) is 0 Å². The van der Waals surface area contributed by atoms with E-state index in [1.807, 2.05) is 19.1 Å². The zero-order chi connectivity index (χ0) is 12.8. The molecular formula is C15H24N2O. The SMILES string of the molecule is CCOc1ccc(C(CN)CN2CCCC2)cc1. The summed E-state index contributed by atoms with van der Waals surface area (Å²) < 4.78 is 5.47. The standard InChI is InChI=1S/C15H24N2O/c1-2-18-15-7-5-13(6-8-15)14(11-16)12-17-9-3-4-10-17/h5-8,14H,2-4,9-12,16H2,1H3. The molecule has 1 aromatic carbocycles. The molecule has 0 amide bonds. The highest BCUT2D eigenvalue weighted by atomic mass is 16.5. The van der Waals surface area contributed by atoms with Crippen molar-refractivity contribution >= 4 is 0 Å². The molecule has 1 atom stereocenters. The van der Waals surface area contributed by atoms with Crippen LogP contribution in [0.1, 0.15) is 31.2 Å². The van der Waals surface area contributed by atoms with E-state index >= 15 is 0 Å². The van der Waals surface area contributed by atoms with E-state index in [1.54, 1.807) is 0 Å². The summed E-state index contributed by atoms with van der Waals surface area (Å²) in [6.07, 6.45) is 2.67. The molecule has 0 radical (unpaired) electrons. The maximum atomic E-state index is 5.92. The molecule has 1 aromatic rings. The predicted octanol–water partition coefficient (Wildman–Crippen LogP) is 2.22. The minimum atomic E-state index is 0.443. The van der Waals surface area contributed by atoms with Gasteiger partial charge in [-0.1, -0.05) is 12.1 Å². The zero-order valence-corrected chi connectivity index (χ0v) is 11.3. The lowest BCUT2D eigenvalue weighted by Crippen LogP contribution is -2.29. The van der Waals surface area contributed by atoms with Gasteiger partial charge in [-0.3, -0.25) is 0 Å². The number of ether oxygens (including phenoxy) is 1. The quantitative estimate of drug-likeness (QED) is 0.839. The minimum absolute atomic E-state index is 0.443. The average Bonchev–Trinajstić information content (AvgIpc) is 2.90. The van der Waals surface area contributed by atoms with Crippen molar-refractivity contribution < 1.29 is 4.74 Å². The van der Waals surface area contributed by atoms with E-state index in [1.165, 1.54) is 31.5 Å². The van der Waals surface area contributed by atoms with Crippen LogP contribution in [-0.4, -0.2) is 37.7 Å². The van der Waals surface area contributed by atoms with E-state index in [-0.39, 0.29) is 0 Å². The predicted molar refractivity (Wildman–Crippen MR) is 75.1 cm³/mol. The fourth-order valence-corrected chi connectivity index (χ4v) is 2.60. The van der Waals surface area contributed by atoms with Gasteiger partial charge in [0.05, 0.1) is 6.61 Å². The molecule has 100 valence electrons. The van der Waals surface area contributed by atoms with Crippen molar-refractivity contribution in [1.29, 1.82) is 0 Å². The third kappa shape index (κ3) is 3.47. The first-order valence-corrected chi connectivity index (χ1v) is 6.98. The number of hydrogen-bond acceptors (Lipinski definition) is 3. The second-order valence-corrected chi connectivity index (χ2v) is 4.94. The second kappa shape index (κ2) is 6.76. The van der Waals surface area contributed by atoms with Crippen molar-refractivity contribution in [3.8, 4) is 5.75 Å². The van der Waals surface area contributed by atoms with E-state index in [0.29, 0.717) is 19.1 Å². The number of nitrogens with zero attached hydrogens (tertiary/aromatic N) is 1. The molecule has 0 aromatic heterocycles. The van der Waals surface area contributed by atoms with Gasteiger partial charge in [0.2, 0.25) is 0 Å². The molecule has 0 aliphatic carbocycles. The number of rotatable bonds is 6. The molecule has 0 bridgehead atoms. The molecule has 1 aliphatic heterocycles. The van der Waals surface area contributed by atoms with Crippen LogP contribution < -0.4 is 10.5 Å². The summed E-state index contributed by atoms with van der Waals surface area (Å²) in [7, 11) is 0. The highest BCUT2D eigenvalue weighted by Crippen LogP contribution is 2.21. The van der Waals surface area contributed by atoms with Gasteiger partial charge in [-0.2, -0.15) is 0 Å². The lowest BCUT2D eigenvalue weighted by molar-refractivity contribution is 0.315. The molecule has 0 saturated carbocycles. The molecule has 18 heavy (non-hydrogen) atoms. The molecule has 1 aliphatic rings. The maximum Gasteiger partial charge on any atom is 0.119 e. The molecule has 1 unspecified atom stereocenters. The van der Waals surface area contributed by atoms with Crippen molar-refractivity contribution in [2.24, 2.45) is 5.73 Å². The number of likely N-dealkylation sites (tertiary alicyclic amines) is 1. The molecule has 1 fully saturated rings. The summed E-state index contributed by atoms with van der Waals surface area (Å²) in [5.41, 5.74) is 7.25. The van der Waals surface area contributed by atoms with Crippen LogP contribution in [0, 0.1) is 0 Å². The highest BCUT2D eigenvalue weighted by molar-refractivity contribution is 5.30. The number of benzene rings is 1. The molecular weight excluding hydrogens is 224 g/mol. The Balaban J connectivity index is 1.97. The van der Waals surface area contributed by atoms with Crippen LogP contribution in [0.25, 0.3) is 0 Å². The molecule has 1 saturated heterocycles. The van der Waals surface area contributed by atoms with Crippen molar-refractivity contribution in [2.45, 2.75) is 25.7 Å². The van der Waals surface area contributed by atoms with Crippen LogP contribution in [0.4, 0.5) is 0 Å². The summed E-state index contributed by atoms with van der Waals surface area (Å²) in [5, 5.41) is 0. The molecule has 2 rings (SSSR count). The van der Waals surface area contributed by atoms with Crippen LogP contribution in [0.2, 0.25) is 0 Å². The van der Waals surface area contributed by atoms with Gasteiger partial charge < -0.3 is 15.4 Å². The van der Waals surface area contributed by atoms with Crippen molar-refractivity contribution in [2.75, 3.05) is 32.8 Å². The monoisotopic (exact) mass is 248 g/mol. The maximum absolute atomic E-state index is 5.92. The van der Waals surface area contributed by atoms with Crippen molar-refractivity contribution in [3.05, 3.63) is 29.8 Å². The van der Waals surface area contributed by atoms with E-state index in [2.05, 4.69) is 17.0 Å². The first-order valence-electron chi connectivity index (χ1n) is 6.98. The Labute approximate surface area is 110 Å². The Bertz CT molecular complexity index is 344. The molecule has 3 nitrogen and oxygen atoms in total. The van der Waals surface area contributed by atoms with Crippen LogP contribution >= 0.6 is 0 Å². The van der Waals surface area contributed by atoms with Crippen LogP contribution in [0.15, 0.2) is 24.3 Å². The summed E-state index contributed by atoms with van der Waals surface area (Å²) >= 11 is 0. The normalized spacial score (nSPS) is 17.9. The number of hydrogen-bond donors (Lipinski definition) is 1. The van der Waals surface area contributed by atoms with Gasteiger partial charge in [-0.15, -0.1) is 0 Å².